The number of rotatable bonds is 23. The van der Waals surface area contributed by atoms with Gasteiger partial charge in [0, 0.05) is 40.6 Å². The number of fused-ring (bicyclic) bond motifs is 2. The summed E-state index contributed by atoms with van der Waals surface area (Å²) in [6.45, 7) is -2.05. The normalized spacial score (nSPS) is 14.3. The topological polar surface area (TPSA) is 493 Å². The summed E-state index contributed by atoms with van der Waals surface area (Å²) in [5.74, 6) is -6.50. The molecule has 15 N–H and O–H groups in total. The fourth-order valence-corrected chi connectivity index (χ4v) is 11.1. The Morgan fingerprint density at radius 1 is 0.641 bits per heavy atom. The lowest BCUT2D eigenvalue weighted by Crippen LogP contribution is -2.48. The van der Waals surface area contributed by atoms with E-state index in [0.717, 1.165) is 66.7 Å². The lowest BCUT2D eigenvalue weighted by atomic mass is 10.1. The quantitative estimate of drug-likeness (QED) is 0.0238. The Morgan fingerprint density at radius 2 is 1.21 bits per heavy atom. The number of benzene rings is 6. The van der Waals surface area contributed by atoms with Crippen LogP contribution in [0.1, 0.15) is 0 Å². The molecule has 1 unspecified atom stereocenters. The number of aliphatic carboxylic acids is 1. The minimum atomic E-state index is -5.47. The van der Waals surface area contributed by atoms with Gasteiger partial charge in [-0.2, -0.15) is 35.4 Å². The molecule has 1 aliphatic heterocycles. The number of aromatic hydroxyl groups is 2. The van der Waals surface area contributed by atoms with Crippen molar-refractivity contribution in [3.63, 3.8) is 0 Å². The molecule has 1 amide bonds. The third kappa shape index (κ3) is 12.1. The molecule has 6 aromatic carbocycles. The van der Waals surface area contributed by atoms with E-state index in [4.69, 9.17) is 9.47 Å². The number of nitrogens with zero attached hydrogens (tertiary/aromatic N) is 2. The zero-order valence-electron chi connectivity index (χ0n) is 39.3. The summed E-state index contributed by atoms with van der Waals surface area (Å²) in [4.78, 5) is 21.8. The molecule has 78 heavy (non-hydrogen) atoms. The van der Waals surface area contributed by atoms with Crippen molar-refractivity contribution in [3.05, 3.63) is 78.9 Å². The van der Waals surface area contributed by atoms with Gasteiger partial charge in [-0.15, -0.1) is 0 Å². The van der Waals surface area contributed by atoms with Gasteiger partial charge in [0.15, 0.2) is 21.6 Å². The van der Waals surface area contributed by atoms with Crippen LogP contribution in [-0.4, -0.2) is 149 Å². The lowest BCUT2D eigenvalue weighted by molar-refractivity contribution is -0.130. The molecule has 31 nitrogen and oxygen atoms in total. The number of ether oxygens (including phenoxy) is 2. The van der Waals surface area contributed by atoms with Crippen molar-refractivity contribution in [2.45, 2.75) is 30.5 Å². The van der Waals surface area contributed by atoms with Crippen molar-refractivity contribution in [2.75, 3.05) is 70.8 Å². The van der Waals surface area contributed by atoms with Crippen molar-refractivity contribution in [1.29, 1.82) is 0 Å². The van der Waals surface area contributed by atoms with Gasteiger partial charge < -0.3 is 45.5 Å². The molecule has 36 heteroatoms. The fraction of sp³-hybridized carbons (Fsp3) is 0.167. The molecule has 7 rings (SSSR count). The highest BCUT2D eigenvalue weighted by atomic mass is 32.2. The van der Waals surface area contributed by atoms with Crippen LogP contribution in [0.3, 0.4) is 0 Å². The first-order valence-electron chi connectivity index (χ1n) is 21.5. The highest BCUT2D eigenvalue weighted by molar-refractivity contribution is 7.91. The molecule has 0 aromatic heterocycles. The van der Waals surface area contributed by atoms with E-state index in [2.05, 4.69) is 37.7 Å². The van der Waals surface area contributed by atoms with E-state index in [0.29, 0.717) is 23.4 Å². The standard InChI is InChI=1S/C42H42N8O23S5/c1-74(59,60)40-26-16-34(78(69,70)71)36(39(55)25(26)6-7-27(40)43-48-37-38(42(57)58)49-50(41(37)56)21-2-4-22(5-3-21)76(63,64)65)47-45-29-18-32(72-10-8-51)28(17-33(29)73-11-9-52)44-46-30-14-23(75(61,62)19-53)12-20-13-24(77(66,67)68)15-31(54)35(20)30/h2-7,12-18,37,43-48,51-55H,8-11,19H2,1H3,(H,57,58)(H,63,64,65)(H,66,67,68)(H,69,70,71). The van der Waals surface area contributed by atoms with E-state index < -0.39 is 164 Å². The average molecular weight is 1190 g/mol. The minimum absolute atomic E-state index is 0.131. The van der Waals surface area contributed by atoms with Gasteiger partial charge in [0.25, 0.3) is 36.3 Å². The summed E-state index contributed by atoms with van der Waals surface area (Å²) in [6.07, 6.45) is 0.666. The molecule has 0 saturated heterocycles. The number of aliphatic hydroxyl groups is 3. The molecule has 1 atom stereocenters. The Morgan fingerprint density at radius 3 is 1.73 bits per heavy atom. The summed E-state index contributed by atoms with van der Waals surface area (Å²) in [6, 6.07) is 10.3. The van der Waals surface area contributed by atoms with Gasteiger partial charge in [-0.3, -0.25) is 40.2 Å². The molecule has 1 aliphatic rings. The van der Waals surface area contributed by atoms with E-state index in [1.165, 1.54) is 0 Å². The highest BCUT2D eigenvalue weighted by Crippen LogP contribution is 2.45. The van der Waals surface area contributed by atoms with Gasteiger partial charge in [-0.1, -0.05) is 0 Å². The van der Waals surface area contributed by atoms with Crippen molar-refractivity contribution in [1.82, 2.24) is 5.43 Å². The van der Waals surface area contributed by atoms with E-state index in [9.17, 15) is 96.0 Å². The number of anilines is 6. The van der Waals surface area contributed by atoms with Gasteiger partial charge in [0.05, 0.1) is 61.2 Å². The smallest absolute Gasteiger partial charge is 0.354 e. The average Bonchev–Trinajstić information content (AvgIpc) is 3.70. The second-order valence-corrected chi connectivity index (χ2v) is 24.4. The zero-order valence-corrected chi connectivity index (χ0v) is 43.4. The van der Waals surface area contributed by atoms with Crippen LogP contribution >= 0.6 is 0 Å². The summed E-state index contributed by atoms with van der Waals surface area (Å²) in [7, 11) is -24.1. The van der Waals surface area contributed by atoms with Crippen LogP contribution in [-0.2, 0) is 59.6 Å². The molecule has 0 bridgehead atoms. The largest absolute Gasteiger partial charge is 0.507 e. The maximum atomic E-state index is 13.5. The third-order valence-corrected chi connectivity index (χ3v) is 16.0. The number of phenols is 2. The van der Waals surface area contributed by atoms with Crippen LogP contribution in [0, 0.1) is 0 Å². The SMILES string of the molecule is CS(=O)(=O)c1c(NNC2C(=O)N(c3ccc(S(=O)(=O)O)cc3)N=C2C(=O)O)ccc2c(O)c(NNc3cc(OCCO)c(NNc4cc(S(=O)(=O)CO)cc5cc(S(=O)(=O)O)cc(O)c45)cc3OCCO)c(S(=O)(=O)O)cc12. The number of aliphatic hydroxyl groups excluding tert-OH is 3. The summed E-state index contributed by atoms with van der Waals surface area (Å²) in [5, 5.41) is 64.3. The number of amides is 1. The van der Waals surface area contributed by atoms with Crippen molar-refractivity contribution in [2.24, 2.45) is 5.10 Å². The fourth-order valence-electron chi connectivity index (χ4n) is 7.58. The monoisotopic (exact) mass is 1190 g/mol. The molecular formula is C42H42N8O23S5. The van der Waals surface area contributed by atoms with Gasteiger partial charge in [0.2, 0.25) is 9.84 Å². The number of carbonyl (C=O) groups is 2. The molecule has 1 heterocycles. The van der Waals surface area contributed by atoms with Gasteiger partial charge in [-0.05, 0) is 66.0 Å². The molecule has 0 saturated carbocycles. The molecule has 0 aliphatic carbocycles. The number of nitrogens with one attached hydrogen (secondary N) is 6. The molecule has 418 valence electrons. The number of phenolic OH excluding ortho intramolecular Hbond substituents is 2. The van der Waals surface area contributed by atoms with Crippen molar-refractivity contribution >= 4 is 123 Å². The van der Waals surface area contributed by atoms with E-state index in [1.54, 1.807) is 0 Å². The third-order valence-electron chi connectivity index (χ3n) is 11.0. The summed E-state index contributed by atoms with van der Waals surface area (Å²) in [5.41, 5.74) is 12.1. The molecular weight excluding hydrogens is 1140 g/mol. The number of carboxylic acids is 1. The van der Waals surface area contributed by atoms with E-state index in [1.807, 2.05) is 0 Å². The zero-order chi connectivity index (χ0) is 57.4. The van der Waals surface area contributed by atoms with Crippen LogP contribution in [0.2, 0.25) is 0 Å². The minimum Gasteiger partial charge on any atom is -0.507 e. The van der Waals surface area contributed by atoms with Gasteiger partial charge >= 0.3 is 5.97 Å². The second kappa shape index (κ2) is 21.9. The number of hydrogen-bond donors (Lipinski definition) is 15. The van der Waals surface area contributed by atoms with Crippen LogP contribution in [0.4, 0.5) is 34.1 Å². The first kappa shape index (κ1) is 57.8. The second-order valence-electron chi connectivity index (χ2n) is 16.2. The number of sulfone groups is 2. The van der Waals surface area contributed by atoms with E-state index in [-0.39, 0.29) is 45.0 Å². The highest BCUT2D eigenvalue weighted by Gasteiger charge is 2.41. The van der Waals surface area contributed by atoms with E-state index >= 15 is 0 Å². The van der Waals surface area contributed by atoms with Crippen LogP contribution in [0.15, 0.2) is 108 Å². The summed E-state index contributed by atoms with van der Waals surface area (Å²) < 4.78 is 166. The Balaban J connectivity index is 1.25. The van der Waals surface area contributed by atoms with Crippen LogP contribution in [0.5, 0.6) is 23.0 Å². The first-order chi connectivity index (χ1) is 36.4. The first-order valence-corrected chi connectivity index (χ1v) is 29.3. The van der Waals surface area contributed by atoms with Gasteiger partial charge in [-0.25, -0.2) is 27.1 Å². The summed E-state index contributed by atoms with van der Waals surface area (Å²) >= 11 is 0. The molecule has 0 fully saturated rings. The number of hydrazone groups is 1. The Bertz CT molecular complexity index is 4050. The van der Waals surface area contributed by atoms with Gasteiger partial charge in [0.1, 0.15) is 52.7 Å². The van der Waals surface area contributed by atoms with Crippen LogP contribution < -0.4 is 47.0 Å². The Hall–Kier alpha value is -7.88. The molecule has 0 radical (unpaired) electrons. The number of hydrazine groups is 3. The van der Waals surface area contributed by atoms with Crippen LogP contribution in [0.25, 0.3) is 21.5 Å². The predicted octanol–water partition coefficient (Wildman–Crippen LogP) is 0.664. The maximum absolute atomic E-state index is 13.5. The molecule has 6 aromatic rings. The predicted molar refractivity (Wildman–Crippen MR) is 274 cm³/mol. The maximum Gasteiger partial charge on any atom is 0.354 e. The Labute approximate surface area is 440 Å². The number of carboxylic acid groups (broad SMARTS) is 1. The lowest BCUT2D eigenvalue weighted by Gasteiger charge is -2.22. The Kier molecular flexibility index (Phi) is 16.2. The molecule has 0 spiro atoms. The number of carbonyl (C=O) groups excluding carboxylic acids is 1. The number of hydrogen-bond acceptors (Lipinski definition) is 26. The van der Waals surface area contributed by atoms with Crippen molar-refractivity contribution < 1.29 is 105 Å². The van der Waals surface area contributed by atoms with Crippen molar-refractivity contribution in [3.8, 4) is 23.0 Å².